The zero-order chi connectivity index (χ0) is 12.0. The molecule has 0 aliphatic heterocycles. The van der Waals surface area contributed by atoms with Crippen LogP contribution in [0.1, 0.15) is 0 Å². The number of halogens is 1. The lowest BCUT2D eigenvalue weighted by Crippen LogP contribution is -2.34. The molecular formula is C9H12BrN3O3. The number of aromatic nitrogens is 2. The zero-order valence-electron chi connectivity index (χ0n) is 8.77. The molecule has 1 aromatic heterocycles. The van der Waals surface area contributed by atoms with Gasteiger partial charge in [0.05, 0.1) is 12.9 Å². The minimum absolute atomic E-state index is 0.0466. The Morgan fingerprint density at radius 3 is 3.12 bits per heavy atom. The minimum atomic E-state index is -0.281. The molecule has 0 unspecified atom stereocenters. The lowest BCUT2D eigenvalue weighted by molar-refractivity contribution is -0.121. The molecule has 0 aliphatic rings. The van der Waals surface area contributed by atoms with E-state index in [0.29, 0.717) is 17.6 Å². The van der Waals surface area contributed by atoms with Crippen LogP contribution in [0.5, 0.6) is 0 Å². The molecule has 0 aromatic carbocycles. The summed E-state index contributed by atoms with van der Waals surface area (Å²) in [5.74, 6) is -0.251. The lowest BCUT2D eigenvalue weighted by atomic mass is 10.5. The van der Waals surface area contributed by atoms with E-state index in [-0.39, 0.29) is 18.0 Å². The van der Waals surface area contributed by atoms with Crippen LogP contribution in [0.15, 0.2) is 21.8 Å². The summed E-state index contributed by atoms with van der Waals surface area (Å²) < 4.78 is 6.34. The summed E-state index contributed by atoms with van der Waals surface area (Å²) in [6.07, 6.45) is 2.71. The van der Waals surface area contributed by atoms with Crippen molar-refractivity contribution in [1.29, 1.82) is 0 Å². The van der Waals surface area contributed by atoms with E-state index >= 15 is 0 Å². The zero-order valence-corrected chi connectivity index (χ0v) is 10.4. The number of carbonyl (C=O) groups excluding carboxylic acids is 1. The third-order valence-electron chi connectivity index (χ3n) is 1.80. The molecule has 0 atom stereocenters. The Morgan fingerprint density at radius 1 is 1.69 bits per heavy atom. The van der Waals surface area contributed by atoms with Gasteiger partial charge in [-0.2, -0.15) is 0 Å². The Kier molecular flexibility index (Phi) is 5.13. The molecule has 0 saturated carbocycles. The van der Waals surface area contributed by atoms with Gasteiger partial charge in [-0.3, -0.25) is 14.2 Å². The van der Waals surface area contributed by atoms with Gasteiger partial charge in [-0.25, -0.2) is 4.98 Å². The highest BCUT2D eigenvalue weighted by Crippen LogP contribution is 1.97. The van der Waals surface area contributed by atoms with Crippen molar-refractivity contribution >= 4 is 21.8 Å². The molecule has 1 N–H and O–H groups in total. The fourth-order valence-corrected chi connectivity index (χ4v) is 1.39. The number of hydrogen-bond acceptors (Lipinski definition) is 4. The number of amides is 1. The van der Waals surface area contributed by atoms with Gasteiger partial charge in [0, 0.05) is 19.9 Å². The molecule has 88 valence electrons. The number of carbonyl (C=O) groups is 1. The Bertz CT molecular complexity index is 419. The van der Waals surface area contributed by atoms with Crippen LogP contribution in [-0.4, -0.2) is 35.7 Å². The highest BCUT2D eigenvalue weighted by atomic mass is 79.9. The van der Waals surface area contributed by atoms with Gasteiger partial charge < -0.3 is 10.1 Å². The first-order valence-corrected chi connectivity index (χ1v) is 5.40. The van der Waals surface area contributed by atoms with Crippen LogP contribution in [0.3, 0.4) is 0 Å². The van der Waals surface area contributed by atoms with Gasteiger partial charge in [-0.15, -0.1) is 0 Å². The number of methoxy groups -OCH3 is 1. The van der Waals surface area contributed by atoms with E-state index in [1.807, 2.05) is 0 Å². The Balaban J connectivity index is 2.56. The largest absolute Gasteiger partial charge is 0.383 e. The fourth-order valence-electron chi connectivity index (χ4n) is 1.04. The summed E-state index contributed by atoms with van der Waals surface area (Å²) in [4.78, 5) is 26.7. The average Bonchev–Trinajstić information content (AvgIpc) is 2.25. The molecule has 1 amide bonds. The Hall–Kier alpha value is -1.21. The van der Waals surface area contributed by atoms with E-state index in [1.54, 1.807) is 7.11 Å². The Labute approximate surface area is 101 Å². The van der Waals surface area contributed by atoms with Crippen LogP contribution < -0.4 is 10.9 Å². The summed E-state index contributed by atoms with van der Waals surface area (Å²) in [6.45, 7) is 0.817. The van der Waals surface area contributed by atoms with Gasteiger partial charge in [-0.1, -0.05) is 0 Å². The molecule has 0 spiro atoms. The molecule has 0 fully saturated rings. The number of ether oxygens (including phenoxy) is 1. The smallest absolute Gasteiger partial charge is 0.268 e. The number of hydrogen-bond donors (Lipinski definition) is 1. The maximum atomic E-state index is 11.5. The molecule has 16 heavy (non-hydrogen) atoms. The second-order valence-corrected chi connectivity index (χ2v) is 3.87. The summed E-state index contributed by atoms with van der Waals surface area (Å²) in [5.41, 5.74) is -0.281. The fraction of sp³-hybridized carbons (Fsp3) is 0.444. The molecule has 0 bridgehead atoms. The van der Waals surface area contributed by atoms with Gasteiger partial charge in [0.1, 0.15) is 11.0 Å². The van der Waals surface area contributed by atoms with Crippen molar-refractivity contribution in [1.82, 2.24) is 14.9 Å². The number of nitrogens with zero attached hydrogens (tertiary/aromatic N) is 2. The molecule has 1 rings (SSSR count). The van der Waals surface area contributed by atoms with Crippen molar-refractivity contribution in [2.45, 2.75) is 6.54 Å². The summed E-state index contributed by atoms with van der Waals surface area (Å²) in [6, 6.07) is 0. The van der Waals surface area contributed by atoms with Gasteiger partial charge in [0.2, 0.25) is 5.91 Å². The standard InChI is InChI=1S/C9H12BrN3O3/c1-16-3-2-12-8(14)5-13-6-11-4-7(10)9(13)15/h4,6H,2-3,5H2,1H3,(H,12,14). The SMILES string of the molecule is COCCNC(=O)Cn1cncc(Br)c1=O. The first-order valence-electron chi connectivity index (χ1n) is 4.60. The van der Waals surface area contributed by atoms with E-state index < -0.39 is 0 Å². The van der Waals surface area contributed by atoms with Crippen molar-refractivity contribution < 1.29 is 9.53 Å². The molecule has 6 nitrogen and oxygen atoms in total. The predicted octanol–water partition coefficient (Wildman–Crippen LogP) is -0.232. The first-order chi connectivity index (χ1) is 7.65. The molecular weight excluding hydrogens is 278 g/mol. The lowest BCUT2D eigenvalue weighted by Gasteiger charge is -2.06. The highest BCUT2D eigenvalue weighted by Gasteiger charge is 2.05. The van der Waals surface area contributed by atoms with Crippen molar-refractivity contribution in [3.05, 3.63) is 27.4 Å². The van der Waals surface area contributed by atoms with Gasteiger partial charge >= 0.3 is 0 Å². The van der Waals surface area contributed by atoms with E-state index in [9.17, 15) is 9.59 Å². The Morgan fingerprint density at radius 2 is 2.44 bits per heavy atom. The van der Waals surface area contributed by atoms with Crippen LogP contribution in [0.25, 0.3) is 0 Å². The van der Waals surface area contributed by atoms with Gasteiger partial charge in [0.25, 0.3) is 5.56 Å². The van der Waals surface area contributed by atoms with E-state index in [0.717, 1.165) is 0 Å². The van der Waals surface area contributed by atoms with Crippen molar-refractivity contribution in [3.8, 4) is 0 Å². The third kappa shape index (κ3) is 3.74. The predicted molar refractivity (Wildman–Crippen MR) is 61.1 cm³/mol. The average molecular weight is 290 g/mol. The van der Waals surface area contributed by atoms with Gasteiger partial charge in [-0.05, 0) is 15.9 Å². The molecule has 7 heteroatoms. The topological polar surface area (TPSA) is 73.2 Å². The maximum absolute atomic E-state index is 11.5. The number of nitrogens with one attached hydrogen (secondary N) is 1. The monoisotopic (exact) mass is 289 g/mol. The first kappa shape index (κ1) is 12.9. The van der Waals surface area contributed by atoms with Crippen LogP contribution in [0.4, 0.5) is 0 Å². The molecule has 0 saturated heterocycles. The molecule has 1 aromatic rings. The van der Waals surface area contributed by atoms with E-state index in [1.165, 1.54) is 17.1 Å². The second-order valence-electron chi connectivity index (χ2n) is 3.02. The van der Waals surface area contributed by atoms with Crippen LogP contribution >= 0.6 is 15.9 Å². The van der Waals surface area contributed by atoms with Crippen LogP contribution in [0.2, 0.25) is 0 Å². The number of rotatable bonds is 5. The van der Waals surface area contributed by atoms with Crippen molar-refractivity contribution in [2.24, 2.45) is 0 Å². The highest BCUT2D eigenvalue weighted by molar-refractivity contribution is 9.10. The summed E-state index contributed by atoms with van der Waals surface area (Å²) >= 11 is 3.05. The van der Waals surface area contributed by atoms with Crippen molar-refractivity contribution in [2.75, 3.05) is 20.3 Å². The van der Waals surface area contributed by atoms with Crippen LogP contribution in [-0.2, 0) is 16.1 Å². The minimum Gasteiger partial charge on any atom is -0.383 e. The quantitative estimate of drug-likeness (QED) is 0.760. The second kappa shape index (κ2) is 6.39. The van der Waals surface area contributed by atoms with Crippen LogP contribution in [0, 0.1) is 0 Å². The third-order valence-corrected chi connectivity index (χ3v) is 2.35. The molecule has 0 radical (unpaired) electrons. The summed E-state index contributed by atoms with van der Waals surface area (Å²) in [7, 11) is 1.55. The molecule has 0 aliphatic carbocycles. The normalized spacial score (nSPS) is 10.1. The maximum Gasteiger partial charge on any atom is 0.268 e. The molecule has 1 heterocycles. The van der Waals surface area contributed by atoms with E-state index in [2.05, 4.69) is 26.2 Å². The summed E-state index contributed by atoms with van der Waals surface area (Å²) in [5, 5.41) is 2.61. The van der Waals surface area contributed by atoms with Crippen molar-refractivity contribution in [3.63, 3.8) is 0 Å². The van der Waals surface area contributed by atoms with Gasteiger partial charge in [0.15, 0.2) is 0 Å². The van der Waals surface area contributed by atoms with E-state index in [4.69, 9.17) is 4.74 Å².